The number of hydrogen-bond acceptors (Lipinski definition) is 6. The third-order valence-corrected chi connectivity index (χ3v) is 5.54. The number of fused-ring (bicyclic) bond motifs is 1. The maximum absolute atomic E-state index is 13.7. The van der Waals surface area contributed by atoms with Crippen molar-refractivity contribution in [3.63, 3.8) is 0 Å². The van der Waals surface area contributed by atoms with Crippen LogP contribution in [0.3, 0.4) is 0 Å². The maximum atomic E-state index is 13.7. The molecule has 0 amide bonds. The molecule has 1 aliphatic rings. The molecule has 0 unspecified atom stereocenters. The van der Waals surface area contributed by atoms with E-state index in [-0.39, 0.29) is 35.8 Å². The van der Waals surface area contributed by atoms with Crippen LogP contribution in [0.25, 0.3) is 22.4 Å². The van der Waals surface area contributed by atoms with Crippen molar-refractivity contribution in [2.75, 3.05) is 7.11 Å². The largest absolute Gasteiger partial charge is 0.494 e. The number of ether oxygens (including phenoxy) is 1. The van der Waals surface area contributed by atoms with E-state index in [1.165, 1.54) is 31.5 Å². The zero-order chi connectivity index (χ0) is 24.3. The number of methoxy groups -OCH3 is 1. The van der Waals surface area contributed by atoms with Gasteiger partial charge in [-0.15, -0.1) is 10.2 Å². The molecule has 12 heteroatoms. The summed E-state index contributed by atoms with van der Waals surface area (Å²) in [6.45, 7) is 0. The van der Waals surface area contributed by atoms with E-state index in [9.17, 15) is 22.4 Å². The van der Waals surface area contributed by atoms with Crippen LogP contribution < -0.4 is 10.2 Å². The van der Waals surface area contributed by atoms with Gasteiger partial charge in [-0.3, -0.25) is 9.78 Å². The van der Waals surface area contributed by atoms with Gasteiger partial charge in [-0.05, 0) is 36.3 Å². The van der Waals surface area contributed by atoms with E-state index in [4.69, 9.17) is 0 Å². The van der Waals surface area contributed by atoms with Crippen LogP contribution in [0.15, 0.2) is 41.3 Å². The summed E-state index contributed by atoms with van der Waals surface area (Å²) in [5, 5.41) is 13.8. The van der Waals surface area contributed by atoms with Crippen LogP contribution in [0, 0.1) is 11.6 Å². The number of benzene rings is 1. The van der Waals surface area contributed by atoms with Crippen molar-refractivity contribution >= 4 is 10.9 Å². The second kappa shape index (κ2) is 9.57. The number of halogens is 4. The van der Waals surface area contributed by atoms with Crippen LogP contribution in [0.4, 0.5) is 17.6 Å². The number of H-pyrrole nitrogens is 2. The first-order valence-corrected chi connectivity index (χ1v) is 10.4. The van der Waals surface area contributed by atoms with Crippen LogP contribution in [-0.4, -0.2) is 43.6 Å². The fourth-order valence-corrected chi connectivity index (χ4v) is 3.95. The van der Waals surface area contributed by atoms with Gasteiger partial charge in [-0.25, -0.2) is 13.2 Å². The molecule has 3 aromatic heterocycles. The standard InChI is InChI=1S/C15H14F2N6O.C7H6F2O/c16-15(17)4-1-2-8(7-15)10-6-11(24)12-9(19-10)3-5-18-13(12)14-20-22-23-21-14;1-10-6-4-2-3-5(8)7(6)9/h3,5-6,8H,1-2,4,7H2,(H,19,24)(H,20,21,22,23);2-4H,1H3/t8-;/m0./s1. The second-order valence-corrected chi connectivity index (χ2v) is 7.81. The lowest BCUT2D eigenvalue weighted by atomic mass is 9.84. The summed E-state index contributed by atoms with van der Waals surface area (Å²) < 4.78 is 56.7. The van der Waals surface area contributed by atoms with E-state index in [1.54, 1.807) is 6.07 Å². The van der Waals surface area contributed by atoms with Gasteiger partial charge in [0.1, 0.15) is 5.69 Å². The zero-order valence-electron chi connectivity index (χ0n) is 18.0. The number of nitrogens with one attached hydrogen (secondary N) is 2. The Hall–Kier alpha value is -3.83. The maximum Gasteiger partial charge on any atom is 0.248 e. The fraction of sp³-hybridized carbons (Fsp3) is 0.318. The molecule has 0 spiro atoms. The third kappa shape index (κ3) is 4.90. The number of alkyl halides is 2. The number of aromatic amines is 2. The first-order chi connectivity index (χ1) is 16.3. The van der Waals surface area contributed by atoms with Crippen molar-refractivity contribution < 1.29 is 22.3 Å². The minimum absolute atomic E-state index is 0.0694. The average Bonchev–Trinajstić information content (AvgIpc) is 3.35. The van der Waals surface area contributed by atoms with Crippen LogP contribution >= 0.6 is 0 Å². The Morgan fingerprint density at radius 3 is 2.71 bits per heavy atom. The summed E-state index contributed by atoms with van der Waals surface area (Å²) in [6, 6.07) is 6.82. The molecule has 1 fully saturated rings. The van der Waals surface area contributed by atoms with Gasteiger partial charge in [-0.2, -0.15) is 9.60 Å². The first kappa shape index (κ1) is 23.3. The van der Waals surface area contributed by atoms with Gasteiger partial charge in [0.15, 0.2) is 17.0 Å². The number of tetrazole rings is 1. The Kier molecular flexibility index (Phi) is 6.57. The molecule has 1 saturated carbocycles. The Bertz CT molecular complexity index is 1340. The van der Waals surface area contributed by atoms with E-state index < -0.39 is 17.6 Å². The van der Waals surface area contributed by atoms with Crippen LogP contribution in [0.2, 0.25) is 0 Å². The molecule has 1 atom stereocenters. The highest BCUT2D eigenvalue weighted by atomic mass is 19.3. The lowest BCUT2D eigenvalue weighted by Crippen LogP contribution is -2.26. The number of rotatable bonds is 3. The Labute approximate surface area is 190 Å². The molecule has 8 nitrogen and oxygen atoms in total. The SMILES string of the molecule is COc1cccc(F)c1F.O=c1cc([C@H]2CCCC(F)(F)C2)[nH]c2ccnc(-c3nn[nH]n3)c12. The predicted octanol–water partition coefficient (Wildman–Crippen LogP) is 4.37. The summed E-state index contributed by atoms with van der Waals surface area (Å²) in [4.78, 5) is 19.9. The fourth-order valence-electron chi connectivity index (χ4n) is 3.95. The normalized spacial score (nSPS) is 17.1. The number of pyridine rings is 2. The topological polar surface area (TPSA) is 109 Å². The van der Waals surface area contributed by atoms with Gasteiger partial charge in [0.25, 0.3) is 0 Å². The van der Waals surface area contributed by atoms with Gasteiger partial charge in [0.2, 0.25) is 17.6 Å². The molecule has 0 saturated heterocycles. The van der Waals surface area contributed by atoms with Gasteiger partial charge in [0, 0.05) is 36.7 Å². The lowest BCUT2D eigenvalue weighted by molar-refractivity contribution is -0.0412. The van der Waals surface area contributed by atoms with Crippen LogP contribution in [0.5, 0.6) is 5.75 Å². The van der Waals surface area contributed by atoms with Crippen LogP contribution in [0.1, 0.15) is 37.3 Å². The molecule has 5 rings (SSSR count). The zero-order valence-corrected chi connectivity index (χ0v) is 18.0. The van der Waals surface area contributed by atoms with E-state index in [0.717, 1.165) is 6.07 Å². The van der Waals surface area contributed by atoms with E-state index in [2.05, 4.69) is 35.3 Å². The van der Waals surface area contributed by atoms with Crippen LogP contribution in [-0.2, 0) is 0 Å². The third-order valence-electron chi connectivity index (χ3n) is 5.54. The highest BCUT2D eigenvalue weighted by Crippen LogP contribution is 2.41. The average molecular weight is 476 g/mol. The highest BCUT2D eigenvalue weighted by Gasteiger charge is 2.37. The van der Waals surface area contributed by atoms with Gasteiger partial charge in [-0.1, -0.05) is 6.07 Å². The quantitative estimate of drug-likeness (QED) is 0.425. The van der Waals surface area contributed by atoms with Gasteiger partial charge < -0.3 is 9.72 Å². The first-order valence-electron chi connectivity index (χ1n) is 10.4. The summed E-state index contributed by atoms with van der Waals surface area (Å²) in [7, 11) is 1.29. The molecule has 1 aromatic carbocycles. The summed E-state index contributed by atoms with van der Waals surface area (Å²) in [5.74, 6) is -4.72. The number of hydrogen-bond donors (Lipinski definition) is 2. The van der Waals surface area contributed by atoms with E-state index in [1.807, 2.05) is 0 Å². The minimum Gasteiger partial charge on any atom is -0.494 e. The molecular formula is C22H20F4N6O2. The molecule has 4 aromatic rings. The van der Waals surface area contributed by atoms with Crippen molar-refractivity contribution in [1.29, 1.82) is 0 Å². The lowest BCUT2D eigenvalue weighted by Gasteiger charge is -2.29. The molecule has 0 bridgehead atoms. The minimum atomic E-state index is -2.68. The Morgan fingerprint density at radius 1 is 1.21 bits per heavy atom. The number of nitrogens with zero attached hydrogens (tertiary/aromatic N) is 4. The van der Waals surface area contributed by atoms with Crippen molar-refractivity contribution in [2.45, 2.75) is 37.5 Å². The second-order valence-electron chi connectivity index (χ2n) is 7.81. The molecule has 3 heterocycles. The molecule has 1 aliphatic carbocycles. The Morgan fingerprint density at radius 2 is 2.03 bits per heavy atom. The molecular weight excluding hydrogens is 456 g/mol. The molecule has 0 aliphatic heterocycles. The molecule has 178 valence electrons. The monoisotopic (exact) mass is 476 g/mol. The Balaban J connectivity index is 0.000000231. The predicted molar refractivity (Wildman–Crippen MR) is 115 cm³/mol. The highest BCUT2D eigenvalue weighted by molar-refractivity contribution is 5.90. The summed E-state index contributed by atoms with van der Waals surface area (Å²) in [6.07, 6.45) is 2.27. The van der Waals surface area contributed by atoms with Crippen molar-refractivity contribution in [3.05, 3.63) is 64.1 Å². The summed E-state index contributed by atoms with van der Waals surface area (Å²) in [5.41, 5.74) is 1.09. The van der Waals surface area contributed by atoms with Crippen molar-refractivity contribution in [3.8, 4) is 17.3 Å². The van der Waals surface area contributed by atoms with Gasteiger partial charge in [0.05, 0.1) is 18.0 Å². The molecule has 34 heavy (non-hydrogen) atoms. The molecule has 2 N–H and O–H groups in total. The van der Waals surface area contributed by atoms with Gasteiger partial charge >= 0.3 is 0 Å². The number of aromatic nitrogens is 6. The smallest absolute Gasteiger partial charge is 0.248 e. The van der Waals surface area contributed by atoms with E-state index in [0.29, 0.717) is 35.1 Å². The van der Waals surface area contributed by atoms with E-state index >= 15 is 0 Å². The van der Waals surface area contributed by atoms with Crippen molar-refractivity contribution in [1.82, 2.24) is 30.6 Å². The summed E-state index contributed by atoms with van der Waals surface area (Å²) >= 11 is 0. The van der Waals surface area contributed by atoms with Crippen molar-refractivity contribution in [2.24, 2.45) is 0 Å². The molecule has 0 radical (unpaired) electrons.